The van der Waals surface area contributed by atoms with Gasteiger partial charge in [0.1, 0.15) is 0 Å². The van der Waals surface area contributed by atoms with E-state index >= 15 is 0 Å². The maximum absolute atomic E-state index is 12.5. The van der Waals surface area contributed by atoms with Gasteiger partial charge in [-0.2, -0.15) is 16.7 Å². The number of carbonyl (C=O) groups is 1. The standard InChI is InChI=1S/C24H26BrClN4O2S/c25-20-7-5-17(6-8-20)23-28-22(32-29-23)15-30-12-9-18(10-13-30)24(31)27-11-14-33-16-19-3-1-2-4-21(19)26/h1-8,18H,9-16H2,(H,27,31). The third-order valence-electron chi connectivity index (χ3n) is 5.65. The van der Waals surface area contributed by atoms with E-state index < -0.39 is 0 Å². The first-order valence-electron chi connectivity index (χ1n) is 11.0. The Balaban J connectivity index is 1.14. The molecule has 0 aliphatic carbocycles. The zero-order chi connectivity index (χ0) is 23.0. The van der Waals surface area contributed by atoms with Crippen molar-refractivity contribution in [3.05, 3.63) is 69.5 Å². The van der Waals surface area contributed by atoms with Crippen LogP contribution < -0.4 is 5.32 Å². The molecule has 2 aromatic carbocycles. The number of hydrogen-bond donors (Lipinski definition) is 1. The van der Waals surface area contributed by atoms with Crippen molar-refractivity contribution in [2.24, 2.45) is 5.92 Å². The molecule has 0 radical (unpaired) electrons. The molecule has 1 fully saturated rings. The first-order chi connectivity index (χ1) is 16.1. The lowest BCUT2D eigenvalue weighted by atomic mass is 9.96. The van der Waals surface area contributed by atoms with Crippen LogP contribution in [0.15, 0.2) is 57.5 Å². The molecular formula is C24H26BrClN4O2S. The number of rotatable bonds is 9. The SMILES string of the molecule is O=C(NCCSCc1ccccc1Cl)C1CCN(Cc2nc(-c3ccc(Br)cc3)no2)CC1. The summed E-state index contributed by atoms with van der Waals surface area (Å²) in [7, 11) is 0. The highest BCUT2D eigenvalue weighted by atomic mass is 79.9. The maximum atomic E-state index is 12.5. The lowest BCUT2D eigenvalue weighted by molar-refractivity contribution is -0.126. The Labute approximate surface area is 211 Å². The van der Waals surface area contributed by atoms with Crippen molar-refractivity contribution in [3.8, 4) is 11.4 Å². The van der Waals surface area contributed by atoms with Crippen molar-refractivity contribution in [2.45, 2.75) is 25.1 Å². The molecule has 1 aromatic heterocycles. The van der Waals surface area contributed by atoms with Crippen LogP contribution in [0.4, 0.5) is 0 Å². The number of nitrogens with one attached hydrogen (secondary N) is 1. The molecule has 9 heteroatoms. The Morgan fingerprint density at radius 3 is 2.70 bits per heavy atom. The summed E-state index contributed by atoms with van der Waals surface area (Å²) >= 11 is 11.4. The molecule has 174 valence electrons. The predicted octanol–water partition coefficient (Wildman–Crippen LogP) is 5.41. The third-order valence-corrected chi connectivity index (χ3v) is 7.55. The Bertz CT molecular complexity index is 1050. The number of hydrogen-bond acceptors (Lipinski definition) is 6. The Morgan fingerprint density at radius 1 is 1.18 bits per heavy atom. The minimum absolute atomic E-state index is 0.0656. The molecule has 0 bridgehead atoms. The third kappa shape index (κ3) is 7.06. The van der Waals surface area contributed by atoms with E-state index in [1.54, 1.807) is 11.8 Å². The first-order valence-corrected chi connectivity index (χ1v) is 13.3. The van der Waals surface area contributed by atoms with Gasteiger partial charge in [0, 0.05) is 39.0 Å². The summed E-state index contributed by atoms with van der Waals surface area (Å²) in [6.45, 7) is 2.97. The van der Waals surface area contributed by atoms with Crippen LogP contribution in [-0.4, -0.2) is 46.3 Å². The molecule has 33 heavy (non-hydrogen) atoms. The molecule has 2 heterocycles. The monoisotopic (exact) mass is 548 g/mol. The molecule has 4 rings (SSSR count). The van der Waals surface area contributed by atoms with Gasteiger partial charge in [-0.25, -0.2) is 0 Å². The number of aromatic nitrogens is 2. The molecule has 1 aliphatic heterocycles. The second-order valence-corrected chi connectivity index (χ2v) is 10.4. The number of likely N-dealkylation sites (tertiary alicyclic amines) is 1. The minimum atomic E-state index is 0.0656. The summed E-state index contributed by atoms with van der Waals surface area (Å²) in [5, 5.41) is 7.98. The molecular weight excluding hydrogens is 524 g/mol. The van der Waals surface area contributed by atoms with Gasteiger partial charge in [-0.1, -0.05) is 50.9 Å². The maximum Gasteiger partial charge on any atom is 0.241 e. The molecule has 1 aliphatic rings. The number of amides is 1. The van der Waals surface area contributed by atoms with Gasteiger partial charge >= 0.3 is 0 Å². The fraction of sp³-hybridized carbons (Fsp3) is 0.375. The van der Waals surface area contributed by atoms with Gasteiger partial charge in [0.2, 0.25) is 17.6 Å². The van der Waals surface area contributed by atoms with E-state index in [-0.39, 0.29) is 11.8 Å². The van der Waals surface area contributed by atoms with E-state index in [2.05, 4.69) is 36.3 Å². The molecule has 0 atom stereocenters. The Kier molecular flexibility index (Phi) is 8.83. The van der Waals surface area contributed by atoms with Gasteiger partial charge in [0.25, 0.3) is 0 Å². The highest BCUT2D eigenvalue weighted by Gasteiger charge is 2.25. The summed E-state index contributed by atoms with van der Waals surface area (Å²) in [5.41, 5.74) is 2.06. The lowest BCUT2D eigenvalue weighted by Crippen LogP contribution is -2.40. The Morgan fingerprint density at radius 2 is 1.94 bits per heavy atom. The Hall–Kier alpha value is -1.87. The quantitative estimate of drug-likeness (QED) is 0.360. The summed E-state index contributed by atoms with van der Waals surface area (Å²) in [5.74, 6) is 3.14. The number of carbonyl (C=O) groups excluding carboxylic acids is 1. The predicted molar refractivity (Wildman–Crippen MR) is 136 cm³/mol. The fourth-order valence-electron chi connectivity index (χ4n) is 3.77. The van der Waals surface area contributed by atoms with Crippen molar-refractivity contribution in [1.29, 1.82) is 0 Å². The van der Waals surface area contributed by atoms with Gasteiger partial charge in [0.15, 0.2) is 0 Å². The number of nitrogens with zero attached hydrogens (tertiary/aromatic N) is 3. The van der Waals surface area contributed by atoms with Gasteiger partial charge in [-0.3, -0.25) is 9.69 Å². The zero-order valence-electron chi connectivity index (χ0n) is 18.2. The number of halogens is 2. The molecule has 6 nitrogen and oxygen atoms in total. The van der Waals surface area contributed by atoms with E-state index in [4.69, 9.17) is 16.1 Å². The normalized spacial score (nSPS) is 15.0. The van der Waals surface area contributed by atoms with Gasteiger partial charge < -0.3 is 9.84 Å². The minimum Gasteiger partial charge on any atom is -0.355 e. The molecule has 1 N–H and O–H groups in total. The van der Waals surface area contributed by atoms with E-state index in [9.17, 15) is 4.79 Å². The summed E-state index contributed by atoms with van der Waals surface area (Å²) in [4.78, 5) is 19.3. The number of thioether (sulfide) groups is 1. The summed E-state index contributed by atoms with van der Waals surface area (Å²) in [6, 6.07) is 15.7. The van der Waals surface area contributed by atoms with Crippen LogP contribution >= 0.6 is 39.3 Å². The van der Waals surface area contributed by atoms with E-state index in [1.807, 2.05) is 48.5 Å². The molecule has 1 amide bonds. The van der Waals surface area contributed by atoms with Crippen molar-refractivity contribution < 1.29 is 9.32 Å². The fourth-order valence-corrected chi connectivity index (χ4v) is 5.18. The number of piperidine rings is 1. The van der Waals surface area contributed by atoms with Gasteiger partial charge in [0.05, 0.1) is 6.54 Å². The van der Waals surface area contributed by atoms with Crippen molar-refractivity contribution >= 4 is 45.2 Å². The average Bonchev–Trinajstić information content (AvgIpc) is 3.29. The van der Waals surface area contributed by atoms with Crippen LogP contribution in [0.5, 0.6) is 0 Å². The summed E-state index contributed by atoms with van der Waals surface area (Å²) < 4.78 is 6.45. The molecule has 0 unspecified atom stereocenters. The molecule has 0 spiro atoms. The van der Waals surface area contributed by atoms with Gasteiger partial charge in [-0.15, -0.1) is 0 Å². The van der Waals surface area contributed by atoms with Gasteiger partial charge in [-0.05, 0) is 61.8 Å². The first kappa shape index (κ1) is 24.3. The van der Waals surface area contributed by atoms with Crippen LogP contribution in [0.1, 0.15) is 24.3 Å². The van der Waals surface area contributed by atoms with Crippen LogP contribution in [0, 0.1) is 5.92 Å². The van der Waals surface area contributed by atoms with E-state index in [0.29, 0.717) is 24.8 Å². The average molecular weight is 550 g/mol. The van der Waals surface area contributed by atoms with Crippen molar-refractivity contribution in [2.75, 3.05) is 25.4 Å². The lowest BCUT2D eigenvalue weighted by Gasteiger charge is -2.30. The van der Waals surface area contributed by atoms with Crippen LogP contribution in [-0.2, 0) is 17.1 Å². The summed E-state index contributed by atoms with van der Waals surface area (Å²) in [6.07, 6.45) is 1.68. The van der Waals surface area contributed by atoms with E-state index in [1.165, 1.54) is 0 Å². The van der Waals surface area contributed by atoms with Crippen molar-refractivity contribution in [3.63, 3.8) is 0 Å². The van der Waals surface area contributed by atoms with Crippen LogP contribution in [0.3, 0.4) is 0 Å². The second-order valence-electron chi connectivity index (χ2n) is 8.00. The zero-order valence-corrected chi connectivity index (χ0v) is 21.3. The molecule has 3 aromatic rings. The second kappa shape index (κ2) is 12.0. The van der Waals surface area contributed by atoms with Crippen LogP contribution in [0.25, 0.3) is 11.4 Å². The molecule has 0 saturated carbocycles. The highest BCUT2D eigenvalue weighted by molar-refractivity contribution is 9.10. The molecule has 1 saturated heterocycles. The smallest absolute Gasteiger partial charge is 0.241 e. The topological polar surface area (TPSA) is 71.3 Å². The largest absolute Gasteiger partial charge is 0.355 e. The van der Waals surface area contributed by atoms with E-state index in [0.717, 1.165) is 58.1 Å². The van der Waals surface area contributed by atoms with Crippen molar-refractivity contribution in [1.82, 2.24) is 20.4 Å². The number of benzene rings is 2. The highest BCUT2D eigenvalue weighted by Crippen LogP contribution is 2.23. The van der Waals surface area contributed by atoms with Crippen LogP contribution in [0.2, 0.25) is 5.02 Å².